The van der Waals surface area contributed by atoms with Gasteiger partial charge in [-0.3, -0.25) is 4.79 Å². The molecule has 0 radical (unpaired) electrons. The van der Waals surface area contributed by atoms with Crippen molar-refractivity contribution in [1.29, 1.82) is 5.26 Å². The minimum Gasteiger partial charge on any atom is -0.323 e. The topological polar surface area (TPSA) is 44.1 Å². The fourth-order valence-electron chi connectivity index (χ4n) is 2.64. The van der Waals surface area contributed by atoms with Gasteiger partial charge in [0.15, 0.2) is 0 Å². The minimum atomic E-state index is -0.623. The van der Waals surface area contributed by atoms with Gasteiger partial charge in [0, 0.05) is 17.1 Å². The molecule has 1 aliphatic rings. The van der Waals surface area contributed by atoms with Crippen molar-refractivity contribution in [3.8, 4) is 6.07 Å². The summed E-state index contributed by atoms with van der Waals surface area (Å²) >= 11 is 3.36. The molecule has 0 atom stereocenters. The monoisotopic (exact) mass is 320 g/mol. The van der Waals surface area contributed by atoms with Gasteiger partial charge in [0.05, 0.1) is 6.07 Å². The summed E-state index contributed by atoms with van der Waals surface area (Å²) in [5, 5.41) is 9.50. The van der Waals surface area contributed by atoms with Crippen LogP contribution >= 0.6 is 15.9 Å². The van der Waals surface area contributed by atoms with Crippen molar-refractivity contribution in [2.45, 2.75) is 37.6 Å². The summed E-state index contributed by atoms with van der Waals surface area (Å²) < 4.78 is 0.944. The van der Waals surface area contributed by atoms with Crippen LogP contribution in [0.2, 0.25) is 0 Å². The summed E-state index contributed by atoms with van der Waals surface area (Å²) in [4.78, 5) is 14.1. The van der Waals surface area contributed by atoms with Crippen LogP contribution in [-0.2, 0) is 0 Å². The van der Waals surface area contributed by atoms with E-state index in [1.807, 2.05) is 12.1 Å². The van der Waals surface area contributed by atoms with Gasteiger partial charge < -0.3 is 4.90 Å². The molecule has 4 heteroatoms. The van der Waals surface area contributed by atoms with E-state index in [9.17, 15) is 10.1 Å². The van der Waals surface area contributed by atoms with Crippen molar-refractivity contribution in [1.82, 2.24) is 4.90 Å². The molecular weight excluding hydrogens is 304 g/mol. The fourth-order valence-corrected chi connectivity index (χ4v) is 2.90. The van der Waals surface area contributed by atoms with Crippen LogP contribution in [0.25, 0.3) is 0 Å². The van der Waals surface area contributed by atoms with Gasteiger partial charge in [-0.1, -0.05) is 35.2 Å². The Kier molecular flexibility index (Phi) is 4.26. The number of rotatable bonds is 2. The van der Waals surface area contributed by atoms with Gasteiger partial charge in [-0.15, -0.1) is 0 Å². The Hall–Kier alpha value is -1.34. The molecule has 0 bridgehead atoms. The van der Waals surface area contributed by atoms with Gasteiger partial charge in [0.1, 0.15) is 5.54 Å². The van der Waals surface area contributed by atoms with Crippen LogP contribution in [0.1, 0.15) is 42.5 Å². The third-order valence-electron chi connectivity index (χ3n) is 3.93. The van der Waals surface area contributed by atoms with Gasteiger partial charge in [0.2, 0.25) is 0 Å². The molecule has 1 saturated carbocycles. The molecule has 0 aliphatic heterocycles. The van der Waals surface area contributed by atoms with E-state index >= 15 is 0 Å². The lowest BCUT2D eigenvalue weighted by atomic mass is 9.81. The molecule has 0 saturated heterocycles. The molecule has 0 heterocycles. The van der Waals surface area contributed by atoms with E-state index in [2.05, 4.69) is 22.0 Å². The summed E-state index contributed by atoms with van der Waals surface area (Å²) in [6.07, 6.45) is 4.76. The largest absolute Gasteiger partial charge is 0.323 e. The van der Waals surface area contributed by atoms with Crippen molar-refractivity contribution >= 4 is 21.8 Å². The summed E-state index contributed by atoms with van der Waals surface area (Å²) in [7, 11) is 1.75. The Bertz CT molecular complexity index is 498. The summed E-state index contributed by atoms with van der Waals surface area (Å²) in [5.74, 6) is -0.0732. The lowest BCUT2D eigenvalue weighted by Crippen LogP contribution is -2.49. The Morgan fingerprint density at radius 2 is 1.84 bits per heavy atom. The van der Waals surface area contributed by atoms with E-state index in [0.29, 0.717) is 5.56 Å². The highest BCUT2D eigenvalue weighted by Crippen LogP contribution is 2.33. The van der Waals surface area contributed by atoms with E-state index < -0.39 is 5.54 Å². The van der Waals surface area contributed by atoms with Crippen LogP contribution in [0, 0.1) is 11.3 Å². The van der Waals surface area contributed by atoms with Crippen LogP contribution in [0.5, 0.6) is 0 Å². The Morgan fingerprint density at radius 1 is 1.26 bits per heavy atom. The number of nitrogens with zero attached hydrogens (tertiary/aromatic N) is 2. The standard InChI is InChI=1S/C15H17BrN2O/c1-18(15(11-17)9-3-2-4-10-15)14(19)12-5-7-13(16)8-6-12/h5-8H,2-4,9-10H2,1H3. The maximum atomic E-state index is 12.5. The normalized spacial score (nSPS) is 17.5. The smallest absolute Gasteiger partial charge is 0.254 e. The number of benzene rings is 1. The van der Waals surface area contributed by atoms with Crippen LogP contribution in [0.4, 0.5) is 0 Å². The van der Waals surface area contributed by atoms with E-state index in [0.717, 1.165) is 36.6 Å². The van der Waals surface area contributed by atoms with Crippen molar-refractivity contribution in [3.63, 3.8) is 0 Å². The zero-order valence-electron chi connectivity index (χ0n) is 11.0. The van der Waals surface area contributed by atoms with E-state index in [1.54, 1.807) is 24.1 Å². The molecule has 19 heavy (non-hydrogen) atoms. The highest BCUT2D eigenvalue weighted by molar-refractivity contribution is 9.10. The van der Waals surface area contributed by atoms with E-state index in [4.69, 9.17) is 0 Å². The second-order valence-corrected chi connectivity index (χ2v) is 5.99. The number of nitriles is 1. The molecule has 1 aromatic rings. The third kappa shape index (κ3) is 2.82. The number of halogens is 1. The SMILES string of the molecule is CN(C(=O)c1ccc(Br)cc1)C1(C#N)CCCCC1. The van der Waals surface area contributed by atoms with E-state index in [-0.39, 0.29) is 5.91 Å². The Balaban J connectivity index is 2.22. The van der Waals surface area contributed by atoms with Crippen LogP contribution < -0.4 is 0 Å². The lowest BCUT2D eigenvalue weighted by molar-refractivity contribution is 0.0589. The highest BCUT2D eigenvalue weighted by Gasteiger charge is 2.39. The van der Waals surface area contributed by atoms with Gasteiger partial charge >= 0.3 is 0 Å². The number of amides is 1. The zero-order chi connectivity index (χ0) is 13.9. The predicted octanol–water partition coefficient (Wildman–Crippen LogP) is 3.75. The maximum Gasteiger partial charge on any atom is 0.254 e. The van der Waals surface area contributed by atoms with Crippen LogP contribution in [0.15, 0.2) is 28.7 Å². The Morgan fingerprint density at radius 3 is 2.37 bits per heavy atom. The van der Waals surface area contributed by atoms with Crippen molar-refractivity contribution in [2.24, 2.45) is 0 Å². The first kappa shape index (κ1) is 14.1. The van der Waals surface area contributed by atoms with Gasteiger partial charge in [-0.25, -0.2) is 0 Å². The number of carbonyl (C=O) groups excluding carboxylic acids is 1. The van der Waals surface area contributed by atoms with Crippen molar-refractivity contribution in [3.05, 3.63) is 34.3 Å². The zero-order valence-corrected chi connectivity index (χ0v) is 12.6. The number of hydrogen-bond donors (Lipinski definition) is 0. The average Bonchev–Trinajstić information content (AvgIpc) is 2.47. The molecule has 0 aromatic heterocycles. The molecule has 1 aliphatic carbocycles. The lowest BCUT2D eigenvalue weighted by Gasteiger charge is -2.39. The molecule has 1 fully saturated rings. The second kappa shape index (κ2) is 5.75. The molecule has 0 unspecified atom stereocenters. The summed E-state index contributed by atoms with van der Waals surface area (Å²) in [5.41, 5.74) is 0.00785. The molecule has 3 nitrogen and oxygen atoms in total. The average molecular weight is 321 g/mol. The summed E-state index contributed by atoms with van der Waals surface area (Å²) in [6, 6.07) is 9.65. The fraction of sp³-hybridized carbons (Fsp3) is 0.467. The molecule has 1 amide bonds. The van der Waals surface area contributed by atoms with Gasteiger partial charge in [-0.05, 0) is 37.1 Å². The third-order valence-corrected chi connectivity index (χ3v) is 4.46. The maximum absolute atomic E-state index is 12.5. The van der Waals surface area contributed by atoms with Gasteiger partial charge in [0.25, 0.3) is 5.91 Å². The molecule has 2 rings (SSSR count). The molecular formula is C15H17BrN2O. The molecule has 0 spiro atoms. The molecule has 1 aromatic carbocycles. The highest BCUT2D eigenvalue weighted by atomic mass is 79.9. The van der Waals surface area contributed by atoms with Crippen LogP contribution in [0.3, 0.4) is 0 Å². The molecule has 0 N–H and O–H groups in total. The summed E-state index contributed by atoms with van der Waals surface area (Å²) in [6.45, 7) is 0. The minimum absolute atomic E-state index is 0.0732. The number of carbonyl (C=O) groups is 1. The second-order valence-electron chi connectivity index (χ2n) is 5.08. The quantitative estimate of drug-likeness (QED) is 0.833. The predicted molar refractivity (Wildman–Crippen MR) is 77.7 cm³/mol. The van der Waals surface area contributed by atoms with Crippen molar-refractivity contribution in [2.75, 3.05) is 7.05 Å². The number of hydrogen-bond acceptors (Lipinski definition) is 2. The van der Waals surface area contributed by atoms with Gasteiger partial charge in [-0.2, -0.15) is 5.26 Å². The first-order valence-electron chi connectivity index (χ1n) is 6.54. The Labute approximate surface area is 122 Å². The first-order valence-corrected chi connectivity index (χ1v) is 7.33. The first-order chi connectivity index (χ1) is 9.09. The van der Waals surface area contributed by atoms with Crippen molar-refractivity contribution < 1.29 is 4.79 Å². The van der Waals surface area contributed by atoms with Crippen LogP contribution in [-0.4, -0.2) is 23.4 Å². The molecule has 100 valence electrons. The van der Waals surface area contributed by atoms with E-state index in [1.165, 1.54) is 0 Å².